The van der Waals surface area contributed by atoms with Gasteiger partial charge in [-0.15, -0.1) is 5.10 Å². The summed E-state index contributed by atoms with van der Waals surface area (Å²) in [5, 5.41) is 32.3. The quantitative estimate of drug-likeness (QED) is 0.143. The Hall–Kier alpha value is -4.51. The molecule has 4 rings (SSSR count). The van der Waals surface area contributed by atoms with E-state index in [0.29, 0.717) is 38.2 Å². The molecule has 46 heavy (non-hydrogen) atoms. The van der Waals surface area contributed by atoms with Gasteiger partial charge in [0, 0.05) is 56.5 Å². The zero-order chi connectivity index (χ0) is 33.8. The molecule has 0 radical (unpaired) electrons. The number of rotatable bonds is 12. The number of hydrogen-bond acceptors (Lipinski definition) is 9. The predicted octanol–water partition coefficient (Wildman–Crippen LogP) is 5.87. The molecule has 0 spiro atoms. The van der Waals surface area contributed by atoms with Crippen LogP contribution in [0.25, 0.3) is 0 Å². The molecule has 1 fully saturated rings. The lowest BCUT2D eigenvalue weighted by Gasteiger charge is -2.34. The van der Waals surface area contributed by atoms with Gasteiger partial charge in [-0.25, -0.2) is 4.98 Å². The third kappa shape index (κ3) is 8.81. The highest BCUT2D eigenvalue weighted by Crippen LogP contribution is 2.36. The van der Waals surface area contributed by atoms with Crippen LogP contribution in [0.3, 0.4) is 0 Å². The molecule has 250 valence electrons. The number of alkyl halides is 6. The molecule has 2 heterocycles. The Bertz CT molecular complexity index is 1540. The molecule has 0 aliphatic heterocycles. The summed E-state index contributed by atoms with van der Waals surface area (Å²) < 4.78 is 82.4. The Morgan fingerprint density at radius 3 is 2.20 bits per heavy atom. The largest absolute Gasteiger partial charge is 0.481 e. The second-order valence-corrected chi connectivity index (χ2v) is 11.3. The number of hydrogen-bond donors (Lipinski definition) is 1. The van der Waals surface area contributed by atoms with Crippen LogP contribution >= 0.6 is 0 Å². The van der Waals surface area contributed by atoms with Gasteiger partial charge in [0.05, 0.1) is 23.1 Å². The summed E-state index contributed by atoms with van der Waals surface area (Å²) in [4.78, 5) is 29.9. The van der Waals surface area contributed by atoms with E-state index in [1.165, 1.54) is 11.9 Å². The Balaban J connectivity index is 1.70. The van der Waals surface area contributed by atoms with Gasteiger partial charge in [0.25, 0.3) is 11.6 Å². The number of tetrazole rings is 1. The minimum absolute atomic E-state index is 0.0586. The lowest BCUT2D eigenvalue weighted by atomic mass is 9.80. The van der Waals surface area contributed by atoms with Crippen LogP contribution in [0.5, 0.6) is 0 Å². The summed E-state index contributed by atoms with van der Waals surface area (Å²) in [5.41, 5.74) is -3.20. The second-order valence-electron chi connectivity index (χ2n) is 11.3. The first kappa shape index (κ1) is 34.4. The number of nitro benzene ring substituents is 1. The zero-order valence-electron chi connectivity index (χ0n) is 24.9. The molecule has 18 heteroatoms. The maximum Gasteiger partial charge on any atom is 0.417 e. The number of pyridine rings is 1. The van der Waals surface area contributed by atoms with Gasteiger partial charge >= 0.3 is 18.3 Å². The molecular formula is C28H32F6N8O4. The van der Waals surface area contributed by atoms with Crippen LogP contribution in [0.2, 0.25) is 0 Å². The van der Waals surface area contributed by atoms with Crippen molar-refractivity contribution in [1.29, 1.82) is 0 Å². The molecule has 12 nitrogen and oxygen atoms in total. The number of aliphatic carboxylic acids is 1. The van der Waals surface area contributed by atoms with Gasteiger partial charge in [0.15, 0.2) is 0 Å². The predicted molar refractivity (Wildman–Crippen MR) is 152 cm³/mol. The van der Waals surface area contributed by atoms with E-state index in [0.717, 1.165) is 35.8 Å². The maximum absolute atomic E-state index is 13.9. The van der Waals surface area contributed by atoms with Crippen LogP contribution in [0, 0.1) is 22.0 Å². The van der Waals surface area contributed by atoms with E-state index in [1.807, 2.05) is 11.8 Å². The molecule has 0 unspecified atom stereocenters. The van der Waals surface area contributed by atoms with Crippen LogP contribution in [0.15, 0.2) is 30.5 Å². The number of carboxylic acid groups (broad SMARTS) is 1. The minimum Gasteiger partial charge on any atom is -0.481 e. The summed E-state index contributed by atoms with van der Waals surface area (Å²) in [6, 6.07) is 2.98. The topological polar surface area (TPSA) is 143 Å². The summed E-state index contributed by atoms with van der Waals surface area (Å²) in [6.07, 6.45) is -5.99. The van der Waals surface area contributed by atoms with Crippen LogP contribution < -0.4 is 9.80 Å². The van der Waals surface area contributed by atoms with Crippen molar-refractivity contribution in [3.05, 3.63) is 62.8 Å². The summed E-state index contributed by atoms with van der Waals surface area (Å²) in [5.74, 6) is -0.592. The van der Waals surface area contributed by atoms with E-state index in [2.05, 4.69) is 20.4 Å². The molecule has 0 bridgehead atoms. The van der Waals surface area contributed by atoms with Crippen molar-refractivity contribution in [3.63, 3.8) is 0 Å². The number of non-ortho nitro benzene ring substituents is 1. The highest BCUT2D eigenvalue weighted by atomic mass is 19.4. The maximum atomic E-state index is 13.9. The summed E-state index contributed by atoms with van der Waals surface area (Å²) >= 11 is 0. The fourth-order valence-electron chi connectivity index (χ4n) is 5.66. The molecule has 3 aromatic rings. The molecule has 0 atom stereocenters. The van der Waals surface area contributed by atoms with E-state index >= 15 is 0 Å². The average molecular weight is 659 g/mol. The minimum atomic E-state index is -4.90. The number of benzene rings is 1. The van der Waals surface area contributed by atoms with E-state index in [9.17, 15) is 41.3 Å². The number of aromatic nitrogens is 5. The number of aryl methyl sites for hydroxylation is 1. The van der Waals surface area contributed by atoms with Crippen molar-refractivity contribution >= 4 is 23.4 Å². The first-order valence-corrected chi connectivity index (χ1v) is 14.4. The molecule has 1 aromatic carbocycles. The van der Waals surface area contributed by atoms with E-state index in [1.54, 1.807) is 0 Å². The van der Waals surface area contributed by atoms with Crippen molar-refractivity contribution < 1.29 is 41.2 Å². The normalized spacial score (nSPS) is 17.1. The van der Waals surface area contributed by atoms with Gasteiger partial charge in [0.2, 0.25) is 0 Å². The van der Waals surface area contributed by atoms with Crippen LogP contribution in [0.1, 0.15) is 61.3 Å². The fraction of sp³-hybridized carbons (Fsp3) is 0.536. The first-order chi connectivity index (χ1) is 21.5. The third-order valence-electron chi connectivity index (χ3n) is 7.89. The van der Waals surface area contributed by atoms with Crippen molar-refractivity contribution in [2.24, 2.45) is 18.9 Å². The number of anilines is 2. The Morgan fingerprint density at radius 2 is 1.65 bits per heavy atom. The number of nitrogens with zero attached hydrogens (tertiary/aromatic N) is 8. The molecule has 2 aromatic heterocycles. The smallest absolute Gasteiger partial charge is 0.417 e. The van der Waals surface area contributed by atoms with Crippen molar-refractivity contribution in [2.45, 2.75) is 64.5 Å². The third-order valence-corrected chi connectivity index (χ3v) is 7.89. The SMILES string of the molecule is CCN(C[C@H]1CC[C@H](CC(=O)O)CC1)c1ncc(C(F)(F)F)cc1CN(Cc1cc([N+](=O)[O-])cc(C(F)(F)F)c1)c1nnn(C)n1. The molecule has 1 N–H and O–H groups in total. The van der Waals surface area contributed by atoms with Gasteiger partial charge in [-0.1, -0.05) is 5.10 Å². The average Bonchev–Trinajstić information content (AvgIpc) is 3.41. The molecule has 1 aliphatic rings. The van der Waals surface area contributed by atoms with Gasteiger partial charge in [0.1, 0.15) is 5.82 Å². The highest BCUT2D eigenvalue weighted by Gasteiger charge is 2.35. The van der Waals surface area contributed by atoms with Gasteiger partial charge in [-0.3, -0.25) is 14.9 Å². The summed E-state index contributed by atoms with van der Waals surface area (Å²) in [7, 11) is 1.42. The Morgan fingerprint density at radius 1 is 1.00 bits per heavy atom. The second kappa shape index (κ2) is 13.9. The van der Waals surface area contributed by atoms with Crippen molar-refractivity contribution in [2.75, 3.05) is 22.9 Å². The molecule has 0 saturated heterocycles. The molecule has 1 aliphatic carbocycles. The van der Waals surface area contributed by atoms with E-state index < -0.39 is 46.6 Å². The highest BCUT2D eigenvalue weighted by molar-refractivity contribution is 5.67. The molecule has 0 amide bonds. The van der Waals surface area contributed by atoms with Crippen LogP contribution in [-0.2, 0) is 37.3 Å². The number of carbonyl (C=O) groups is 1. The fourth-order valence-corrected chi connectivity index (χ4v) is 5.66. The van der Waals surface area contributed by atoms with Gasteiger partial charge in [-0.05, 0) is 67.4 Å². The van der Waals surface area contributed by atoms with Gasteiger partial charge in [-0.2, -0.15) is 31.1 Å². The lowest BCUT2D eigenvalue weighted by Crippen LogP contribution is -2.34. The first-order valence-electron chi connectivity index (χ1n) is 14.4. The standard InChI is InChI=1S/C28H32F6N8O4/c1-3-40(14-18-6-4-17(5-7-18)10-24(43)44)25-20(11-22(13-35-25)28(32,33)34)16-41(26-36-38-39(2)37-26)15-19-8-21(27(29,30)31)12-23(9-19)42(45)46/h8-9,11-13,17-18H,3-7,10,14-16H2,1-2H3,(H,43,44)/t17-,18-. The van der Waals surface area contributed by atoms with E-state index in [4.69, 9.17) is 5.11 Å². The summed E-state index contributed by atoms with van der Waals surface area (Å²) in [6.45, 7) is 1.81. The molecule has 1 saturated carbocycles. The Labute approximate surface area is 259 Å². The van der Waals surface area contributed by atoms with Crippen LogP contribution in [0.4, 0.5) is 43.8 Å². The Kier molecular flexibility index (Phi) is 10.4. The number of carboxylic acids is 1. The monoisotopic (exact) mass is 658 g/mol. The lowest BCUT2D eigenvalue weighted by molar-refractivity contribution is -0.385. The van der Waals surface area contributed by atoms with Crippen molar-refractivity contribution in [3.8, 4) is 0 Å². The number of halogens is 6. The number of nitro groups is 1. The van der Waals surface area contributed by atoms with E-state index in [-0.39, 0.29) is 47.7 Å². The van der Waals surface area contributed by atoms with Crippen LogP contribution in [-0.4, -0.2) is 54.3 Å². The molecular weight excluding hydrogens is 626 g/mol. The van der Waals surface area contributed by atoms with Crippen molar-refractivity contribution in [1.82, 2.24) is 25.2 Å². The zero-order valence-corrected chi connectivity index (χ0v) is 24.9. The van der Waals surface area contributed by atoms with Gasteiger partial charge < -0.3 is 14.9 Å².